The fourth-order valence-electron chi connectivity index (χ4n) is 3.07. The van der Waals surface area contributed by atoms with Gasteiger partial charge in [-0.15, -0.1) is 0 Å². The zero-order chi connectivity index (χ0) is 18.9. The van der Waals surface area contributed by atoms with Crippen LogP contribution in [0.5, 0.6) is 0 Å². The fraction of sp³-hybridized carbons (Fsp3) is 0.333. The SMILES string of the molecule is CC(C)(C)c1ccc(C(=O)NC2CC(=O)N(c3ccc(F)cc3)C2)cc1. The molecule has 4 nitrogen and oxygen atoms in total. The summed E-state index contributed by atoms with van der Waals surface area (Å²) in [5.74, 6) is -0.613. The summed E-state index contributed by atoms with van der Waals surface area (Å²) in [5, 5.41) is 2.92. The van der Waals surface area contributed by atoms with Crippen LogP contribution in [-0.4, -0.2) is 24.4 Å². The normalized spacial score (nSPS) is 17.5. The Hall–Kier alpha value is -2.69. The van der Waals surface area contributed by atoms with Crippen LogP contribution in [0.15, 0.2) is 48.5 Å². The predicted octanol–water partition coefficient (Wildman–Crippen LogP) is 3.66. The van der Waals surface area contributed by atoms with Crippen LogP contribution in [-0.2, 0) is 10.2 Å². The number of rotatable bonds is 3. The molecule has 0 saturated carbocycles. The van der Waals surface area contributed by atoms with Crippen LogP contribution in [0.25, 0.3) is 0 Å². The highest BCUT2D eigenvalue weighted by molar-refractivity contribution is 5.98. The molecule has 26 heavy (non-hydrogen) atoms. The summed E-state index contributed by atoms with van der Waals surface area (Å²) in [6.07, 6.45) is 0.239. The van der Waals surface area contributed by atoms with Gasteiger partial charge in [-0.05, 0) is 47.4 Å². The second kappa shape index (κ2) is 6.90. The van der Waals surface area contributed by atoms with Gasteiger partial charge in [-0.1, -0.05) is 32.9 Å². The molecule has 1 aliphatic heterocycles. The number of hydrogen-bond donors (Lipinski definition) is 1. The summed E-state index contributed by atoms with van der Waals surface area (Å²) < 4.78 is 13.0. The van der Waals surface area contributed by atoms with E-state index < -0.39 is 0 Å². The molecule has 136 valence electrons. The minimum absolute atomic E-state index is 0.0303. The van der Waals surface area contributed by atoms with Gasteiger partial charge in [0.2, 0.25) is 5.91 Å². The molecule has 1 fully saturated rings. The molecule has 1 atom stereocenters. The zero-order valence-electron chi connectivity index (χ0n) is 15.3. The van der Waals surface area contributed by atoms with Crippen molar-refractivity contribution in [2.24, 2.45) is 0 Å². The number of hydrogen-bond acceptors (Lipinski definition) is 2. The molecule has 0 aromatic heterocycles. The number of halogens is 1. The Bertz CT molecular complexity index is 807. The minimum Gasteiger partial charge on any atom is -0.347 e. The molecule has 1 aliphatic rings. The van der Waals surface area contributed by atoms with Gasteiger partial charge in [0, 0.05) is 24.2 Å². The van der Waals surface area contributed by atoms with Crippen molar-refractivity contribution in [3.8, 4) is 0 Å². The minimum atomic E-state index is -0.344. The zero-order valence-corrected chi connectivity index (χ0v) is 15.3. The molecular weight excluding hydrogens is 331 g/mol. The molecule has 3 rings (SSSR count). The van der Waals surface area contributed by atoms with Crippen molar-refractivity contribution in [3.63, 3.8) is 0 Å². The average Bonchev–Trinajstić information content (AvgIpc) is 2.95. The van der Waals surface area contributed by atoms with Crippen LogP contribution >= 0.6 is 0 Å². The topological polar surface area (TPSA) is 49.4 Å². The second-order valence-corrected chi connectivity index (χ2v) is 7.68. The number of anilines is 1. The Morgan fingerprint density at radius 1 is 1.08 bits per heavy atom. The maximum absolute atomic E-state index is 13.0. The van der Waals surface area contributed by atoms with Gasteiger partial charge in [0.15, 0.2) is 0 Å². The van der Waals surface area contributed by atoms with Crippen molar-refractivity contribution in [2.75, 3.05) is 11.4 Å². The van der Waals surface area contributed by atoms with E-state index in [0.717, 1.165) is 5.56 Å². The van der Waals surface area contributed by atoms with Crippen LogP contribution < -0.4 is 10.2 Å². The van der Waals surface area contributed by atoms with Gasteiger partial charge in [-0.25, -0.2) is 4.39 Å². The molecule has 1 N–H and O–H groups in total. The molecule has 2 amide bonds. The Balaban J connectivity index is 1.65. The van der Waals surface area contributed by atoms with Gasteiger partial charge < -0.3 is 10.2 Å². The molecule has 1 saturated heterocycles. The van der Waals surface area contributed by atoms with E-state index in [-0.39, 0.29) is 35.5 Å². The van der Waals surface area contributed by atoms with E-state index in [4.69, 9.17) is 0 Å². The number of carbonyl (C=O) groups is 2. The third-order valence-corrected chi connectivity index (χ3v) is 4.61. The van der Waals surface area contributed by atoms with Crippen molar-refractivity contribution in [2.45, 2.75) is 38.6 Å². The van der Waals surface area contributed by atoms with Gasteiger partial charge in [0.05, 0.1) is 6.04 Å². The standard InChI is InChI=1S/C21H23FN2O2/c1-21(2,3)15-6-4-14(5-7-15)20(26)23-17-12-19(25)24(13-17)18-10-8-16(22)9-11-18/h4-11,17H,12-13H2,1-3H3,(H,23,26). The number of carbonyl (C=O) groups excluding carboxylic acids is 2. The Morgan fingerprint density at radius 2 is 1.69 bits per heavy atom. The lowest BCUT2D eigenvalue weighted by Crippen LogP contribution is -2.37. The predicted molar refractivity (Wildman–Crippen MR) is 99.8 cm³/mol. The number of nitrogens with one attached hydrogen (secondary N) is 1. The monoisotopic (exact) mass is 354 g/mol. The third-order valence-electron chi connectivity index (χ3n) is 4.61. The molecule has 1 heterocycles. The van der Waals surface area contributed by atoms with Gasteiger partial charge in [-0.3, -0.25) is 9.59 Å². The lowest BCUT2D eigenvalue weighted by Gasteiger charge is -2.19. The third kappa shape index (κ3) is 3.93. The van der Waals surface area contributed by atoms with Gasteiger partial charge in [-0.2, -0.15) is 0 Å². The molecule has 2 aromatic rings. The first kappa shape index (κ1) is 18.1. The van der Waals surface area contributed by atoms with Crippen molar-refractivity contribution < 1.29 is 14.0 Å². The molecule has 5 heteroatoms. The first-order valence-electron chi connectivity index (χ1n) is 8.71. The van der Waals surface area contributed by atoms with Crippen LogP contribution in [0.4, 0.5) is 10.1 Å². The highest BCUT2D eigenvalue weighted by atomic mass is 19.1. The van der Waals surface area contributed by atoms with Gasteiger partial charge in [0.1, 0.15) is 5.82 Å². The molecule has 0 bridgehead atoms. The summed E-state index contributed by atoms with van der Waals surface area (Å²) in [6.45, 7) is 6.75. The Kier molecular flexibility index (Phi) is 4.81. The summed E-state index contributed by atoms with van der Waals surface area (Å²) in [4.78, 5) is 26.3. The van der Waals surface area contributed by atoms with Crippen LogP contribution in [0, 0.1) is 5.82 Å². The van der Waals surface area contributed by atoms with Crippen LogP contribution in [0.2, 0.25) is 0 Å². The molecule has 0 spiro atoms. The summed E-state index contributed by atoms with van der Waals surface area (Å²) in [5.41, 5.74) is 2.41. The Labute approximate surface area is 153 Å². The summed E-state index contributed by atoms with van der Waals surface area (Å²) in [7, 11) is 0. The molecule has 2 aromatic carbocycles. The van der Waals surface area contributed by atoms with E-state index in [2.05, 4.69) is 26.1 Å². The van der Waals surface area contributed by atoms with Crippen molar-refractivity contribution in [1.82, 2.24) is 5.32 Å². The quantitative estimate of drug-likeness (QED) is 0.914. The Morgan fingerprint density at radius 3 is 2.27 bits per heavy atom. The van der Waals surface area contributed by atoms with Crippen LogP contribution in [0.3, 0.4) is 0 Å². The molecule has 0 radical (unpaired) electrons. The first-order valence-corrected chi connectivity index (χ1v) is 8.71. The van der Waals surface area contributed by atoms with Crippen molar-refractivity contribution in [3.05, 3.63) is 65.5 Å². The highest BCUT2D eigenvalue weighted by Crippen LogP contribution is 2.23. The second-order valence-electron chi connectivity index (χ2n) is 7.68. The lowest BCUT2D eigenvalue weighted by atomic mass is 9.86. The van der Waals surface area contributed by atoms with E-state index in [0.29, 0.717) is 17.8 Å². The molecule has 0 aliphatic carbocycles. The lowest BCUT2D eigenvalue weighted by molar-refractivity contribution is -0.117. The number of benzene rings is 2. The maximum Gasteiger partial charge on any atom is 0.251 e. The van der Waals surface area contributed by atoms with E-state index in [1.54, 1.807) is 17.0 Å². The van der Waals surface area contributed by atoms with E-state index in [1.165, 1.54) is 12.1 Å². The van der Waals surface area contributed by atoms with Crippen molar-refractivity contribution in [1.29, 1.82) is 0 Å². The number of amides is 2. The van der Waals surface area contributed by atoms with Gasteiger partial charge >= 0.3 is 0 Å². The number of nitrogens with zero attached hydrogens (tertiary/aromatic N) is 1. The smallest absolute Gasteiger partial charge is 0.251 e. The maximum atomic E-state index is 13.0. The molecule has 1 unspecified atom stereocenters. The largest absolute Gasteiger partial charge is 0.347 e. The van der Waals surface area contributed by atoms with E-state index in [9.17, 15) is 14.0 Å². The summed E-state index contributed by atoms with van der Waals surface area (Å²) in [6, 6.07) is 13.1. The highest BCUT2D eigenvalue weighted by Gasteiger charge is 2.31. The van der Waals surface area contributed by atoms with Crippen LogP contribution in [0.1, 0.15) is 43.1 Å². The summed E-state index contributed by atoms with van der Waals surface area (Å²) >= 11 is 0. The first-order chi connectivity index (χ1) is 12.2. The molecular formula is C21H23FN2O2. The van der Waals surface area contributed by atoms with E-state index in [1.807, 2.05) is 24.3 Å². The van der Waals surface area contributed by atoms with E-state index >= 15 is 0 Å². The van der Waals surface area contributed by atoms with Gasteiger partial charge in [0.25, 0.3) is 5.91 Å². The average molecular weight is 354 g/mol. The fourth-order valence-corrected chi connectivity index (χ4v) is 3.07. The van der Waals surface area contributed by atoms with Crippen molar-refractivity contribution >= 4 is 17.5 Å².